The molecule has 3 rings (SSSR count). The summed E-state index contributed by atoms with van der Waals surface area (Å²) in [6, 6.07) is 9.97. The van der Waals surface area contributed by atoms with E-state index < -0.39 is 0 Å². The molecule has 2 fully saturated rings. The van der Waals surface area contributed by atoms with Crippen LogP contribution < -0.4 is 0 Å². The Labute approximate surface area is 130 Å². The number of amides is 2. The molecule has 0 spiro atoms. The second-order valence-corrected chi connectivity index (χ2v) is 6.06. The minimum atomic E-state index is -0.0943. The molecule has 5 heteroatoms. The minimum absolute atomic E-state index is 0.00261. The topological polar surface area (TPSA) is 49.9 Å². The molecule has 0 aromatic heterocycles. The quantitative estimate of drug-likeness (QED) is 0.852. The van der Waals surface area contributed by atoms with Crippen molar-refractivity contribution >= 4 is 11.8 Å². The van der Waals surface area contributed by atoms with Crippen molar-refractivity contribution in [1.82, 2.24) is 9.80 Å². The Morgan fingerprint density at radius 2 is 2.05 bits per heavy atom. The Morgan fingerprint density at radius 3 is 2.73 bits per heavy atom. The first-order chi connectivity index (χ1) is 10.6. The molecule has 2 atom stereocenters. The lowest BCUT2D eigenvalue weighted by Crippen LogP contribution is -2.49. The Kier molecular flexibility index (Phi) is 4.43. The van der Waals surface area contributed by atoms with Crippen LogP contribution in [-0.2, 0) is 14.3 Å². The van der Waals surface area contributed by atoms with Crippen molar-refractivity contribution in [2.75, 3.05) is 26.2 Å². The summed E-state index contributed by atoms with van der Waals surface area (Å²) < 4.78 is 5.97. The predicted octanol–water partition coefficient (Wildman–Crippen LogP) is 1.60. The second kappa shape index (κ2) is 6.48. The van der Waals surface area contributed by atoms with E-state index in [0.717, 1.165) is 12.0 Å². The largest absolute Gasteiger partial charge is 0.367 e. The lowest BCUT2D eigenvalue weighted by atomic mass is 10.1. The van der Waals surface area contributed by atoms with Crippen molar-refractivity contribution in [3.63, 3.8) is 0 Å². The van der Waals surface area contributed by atoms with E-state index in [2.05, 4.69) is 0 Å². The third kappa shape index (κ3) is 3.30. The summed E-state index contributed by atoms with van der Waals surface area (Å²) in [5.41, 5.74) is 1.09. The van der Waals surface area contributed by atoms with E-state index in [1.54, 1.807) is 4.90 Å². The Balaban J connectivity index is 1.65. The monoisotopic (exact) mass is 302 g/mol. The van der Waals surface area contributed by atoms with Gasteiger partial charge in [-0.2, -0.15) is 0 Å². The fraction of sp³-hybridized carbons (Fsp3) is 0.529. The predicted molar refractivity (Wildman–Crippen MR) is 82.1 cm³/mol. The molecule has 2 heterocycles. The van der Waals surface area contributed by atoms with Crippen LogP contribution in [0, 0.1) is 0 Å². The van der Waals surface area contributed by atoms with E-state index in [0.29, 0.717) is 26.1 Å². The van der Waals surface area contributed by atoms with Gasteiger partial charge in [0.1, 0.15) is 6.10 Å². The Hall–Kier alpha value is -1.88. The summed E-state index contributed by atoms with van der Waals surface area (Å²) in [5, 5.41) is 0. The van der Waals surface area contributed by atoms with Gasteiger partial charge in [0, 0.05) is 19.5 Å². The van der Waals surface area contributed by atoms with E-state index in [1.807, 2.05) is 42.2 Å². The number of hydrogen-bond donors (Lipinski definition) is 0. The number of ether oxygens (including phenoxy) is 1. The number of carbonyl (C=O) groups is 2. The van der Waals surface area contributed by atoms with Crippen LogP contribution in [0.3, 0.4) is 0 Å². The van der Waals surface area contributed by atoms with Crippen LogP contribution in [0.25, 0.3) is 0 Å². The molecule has 2 aliphatic rings. The molecular weight excluding hydrogens is 280 g/mol. The molecule has 1 aromatic rings. The average Bonchev–Trinajstić information content (AvgIpc) is 2.92. The number of benzene rings is 1. The number of rotatable bonds is 3. The third-order valence-corrected chi connectivity index (χ3v) is 4.28. The van der Waals surface area contributed by atoms with Crippen molar-refractivity contribution in [2.45, 2.75) is 32.0 Å². The maximum absolute atomic E-state index is 12.5. The number of nitrogens with zero attached hydrogens (tertiary/aromatic N) is 2. The van der Waals surface area contributed by atoms with Gasteiger partial charge < -0.3 is 14.5 Å². The zero-order valence-corrected chi connectivity index (χ0v) is 12.9. The van der Waals surface area contributed by atoms with Crippen molar-refractivity contribution < 1.29 is 14.3 Å². The van der Waals surface area contributed by atoms with Gasteiger partial charge in [0.05, 0.1) is 19.2 Å². The second-order valence-electron chi connectivity index (χ2n) is 6.06. The maximum Gasteiger partial charge on any atom is 0.242 e. The van der Waals surface area contributed by atoms with Gasteiger partial charge in [0.25, 0.3) is 0 Å². The molecule has 0 radical (unpaired) electrons. The van der Waals surface area contributed by atoms with Gasteiger partial charge in [0.2, 0.25) is 11.8 Å². The van der Waals surface area contributed by atoms with Crippen LogP contribution in [-0.4, -0.2) is 53.9 Å². The molecule has 0 bridgehead atoms. The summed E-state index contributed by atoms with van der Waals surface area (Å²) in [6.07, 6.45) is 1.33. The molecule has 0 unspecified atom stereocenters. The van der Waals surface area contributed by atoms with Crippen molar-refractivity contribution in [2.24, 2.45) is 0 Å². The lowest BCUT2D eigenvalue weighted by molar-refractivity contribution is -0.148. The van der Waals surface area contributed by atoms with Gasteiger partial charge >= 0.3 is 0 Å². The van der Waals surface area contributed by atoms with E-state index in [4.69, 9.17) is 4.74 Å². The molecule has 2 aliphatic heterocycles. The number of carbonyl (C=O) groups excluding carboxylic acids is 2. The molecule has 5 nitrogen and oxygen atoms in total. The maximum atomic E-state index is 12.5. The summed E-state index contributed by atoms with van der Waals surface area (Å²) in [6.45, 7) is 4.02. The average molecular weight is 302 g/mol. The van der Waals surface area contributed by atoms with Crippen molar-refractivity contribution in [3.8, 4) is 0 Å². The number of likely N-dealkylation sites (tertiary alicyclic amines) is 1. The molecule has 22 heavy (non-hydrogen) atoms. The van der Waals surface area contributed by atoms with E-state index >= 15 is 0 Å². The highest BCUT2D eigenvalue weighted by Gasteiger charge is 2.31. The summed E-state index contributed by atoms with van der Waals surface area (Å²) >= 11 is 0. The number of morpholine rings is 1. The summed E-state index contributed by atoms with van der Waals surface area (Å²) in [5.74, 6) is 0.112. The highest BCUT2D eigenvalue weighted by Crippen LogP contribution is 2.25. The van der Waals surface area contributed by atoms with Gasteiger partial charge in [0.15, 0.2) is 0 Å². The highest BCUT2D eigenvalue weighted by molar-refractivity contribution is 5.86. The molecule has 2 amide bonds. The van der Waals surface area contributed by atoms with Crippen LogP contribution >= 0.6 is 0 Å². The van der Waals surface area contributed by atoms with E-state index in [1.165, 1.54) is 0 Å². The van der Waals surface area contributed by atoms with E-state index in [-0.39, 0.29) is 30.6 Å². The van der Waals surface area contributed by atoms with Crippen LogP contribution in [0.4, 0.5) is 0 Å². The van der Waals surface area contributed by atoms with Crippen LogP contribution in [0.2, 0.25) is 0 Å². The smallest absolute Gasteiger partial charge is 0.242 e. The molecule has 0 saturated carbocycles. The van der Waals surface area contributed by atoms with E-state index in [9.17, 15) is 9.59 Å². The molecule has 0 N–H and O–H groups in total. The van der Waals surface area contributed by atoms with Crippen LogP contribution in [0.1, 0.15) is 31.4 Å². The minimum Gasteiger partial charge on any atom is -0.367 e. The summed E-state index contributed by atoms with van der Waals surface area (Å²) in [7, 11) is 0. The van der Waals surface area contributed by atoms with Gasteiger partial charge in [-0.25, -0.2) is 0 Å². The van der Waals surface area contributed by atoms with Gasteiger partial charge in [-0.15, -0.1) is 0 Å². The zero-order chi connectivity index (χ0) is 15.5. The highest BCUT2D eigenvalue weighted by atomic mass is 16.5. The lowest BCUT2D eigenvalue weighted by Gasteiger charge is -2.37. The van der Waals surface area contributed by atoms with Gasteiger partial charge in [-0.3, -0.25) is 9.59 Å². The van der Waals surface area contributed by atoms with Crippen molar-refractivity contribution in [3.05, 3.63) is 35.9 Å². The SMILES string of the molecule is C[C@H]1CN(C(=O)CN2CCCC2=O)C[C@@H](c2ccccc2)O1. The van der Waals surface area contributed by atoms with Gasteiger partial charge in [-0.05, 0) is 18.9 Å². The fourth-order valence-electron chi connectivity index (χ4n) is 3.14. The Morgan fingerprint density at radius 1 is 1.27 bits per heavy atom. The number of hydrogen-bond acceptors (Lipinski definition) is 3. The fourth-order valence-corrected chi connectivity index (χ4v) is 3.14. The molecular formula is C17H22N2O3. The first kappa shape index (κ1) is 15.0. The van der Waals surface area contributed by atoms with Crippen molar-refractivity contribution in [1.29, 1.82) is 0 Å². The molecule has 2 saturated heterocycles. The summed E-state index contributed by atoms with van der Waals surface area (Å²) in [4.78, 5) is 27.7. The van der Waals surface area contributed by atoms with Crippen LogP contribution in [0.5, 0.6) is 0 Å². The van der Waals surface area contributed by atoms with Gasteiger partial charge in [-0.1, -0.05) is 30.3 Å². The first-order valence-electron chi connectivity index (χ1n) is 7.89. The molecule has 118 valence electrons. The van der Waals surface area contributed by atoms with Crippen LogP contribution in [0.15, 0.2) is 30.3 Å². The molecule has 1 aromatic carbocycles. The molecule has 0 aliphatic carbocycles. The third-order valence-electron chi connectivity index (χ3n) is 4.28. The first-order valence-corrected chi connectivity index (χ1v) is 7.89. The zero-order valence-electron chi connectivity index (χ0n) is 12.9. The normalized spacial score (nSPS) is 25.6. The Bertz CT molecular complexity index is 546. The standard InChI is InChI=1S/C17H22N2O3/c1-13-10-19(17(21)12-18-9-5-8-16(18)20)11-15(22-13)14-6-3-2-4-7-14/h2-4,6-7,13,15H,5,8-12H2,1H3/t13-,15-/m0/s1.